The van der Waals surface area contributed by atoms with E-state index in [1.807, 2.05) is 0 Å². The van der Waals surface area contributed by atoms with Gasteiger partial charge < -0.3 is 17.3 Å². The molecule has 1 saturated heterocycles. The first kappa shape index (κ1) is 18.0. The number of benzene rings is 2. The molecule has 0 aromatic heterocycles. The predicted octanol–water partition coefficient (Wildman–Crippen LogP) is 0.679. The highest BCUT2D eigenvalue weighted by Crippen LogP contribution is 2.25. The van der Waals surface area contributed by atoms with E-state index in [2.05, 4.69) is 67.6 Å². The molecule has 124 valence electrons. The number of aryl methyl sites for hydroxylation is 1. The molecule has 3 rings (SSSR count). The molecule has 0 bridgehead atoms. The summed E-state index contributed by atoms with van der Waals surface area (Å²) in [6.07, 6.45) is 5.25. The first-order valence-corrected chi connectivity index (χ1v) is 8.78. The Labute approximate surface area is 147 Å². The van der Waals surface area contributed by atoms with Crippen molar-refractivity contribution in [1.29, 1.82) is 0 Å². The van der Waals surface area contributed by atoms with Gasteiger partial charge in [-0.05, 0) is 24.8 Å². The average molecular weight is 330 g/mol. The number of quaternary nitrogens is 1. The summed E-state index contributed by atoms with van der Waals surface area (Å²) in [5.41, 5.74) is 3.01. The van der Waals surface area contributed by atoms with Crippen molar-refractivity contribution in [3.63, 3.8) is 0 Å². The molecule has 0 saturated carbocycles. The molecule has 0 aliphatic carbocycles. The Hall–Kier alpha value is -1.31. The van der Waals surface area contributed by atoms with E-state index in [1.54, 1.807) is 4.90 Å². The van der Waals surface area contributed by atoms with E-state index in [1.165, 1.54) is 49.9 Å². The van der Waals surface area contributed by atoms with Gasteiger partial charge in [0.15, 0.2) is 0 Å². The number of hydrogen-bond donors (Lipinski definition) is 1. The van der Waals surface area contributed by atoms with Crippen LogP contribution in [0.2, 0.25) is 0 Å². The SMILES string of the molecule is CC1CCC[NH+](CCCc2ccccc2)C1c1ccccc1.[Cl-]. The fourth-order valence-electron chi connectivity index (χ4n) is 4.05. The zero-order chi connectivity index (χ0) is 15.2. The van der Waals surface area contributed by atoms with Crippen molar-refractivity contribution in [2.24, 2.45) is 5.92 Å². The quantitative estimate of drug-likeness (QED) is 0.823. The van der Waals surface area contributed by atoms with E-state index in [-0.39, 0.29) is 12.4 Å². The standard InChI is InChI=1S/C21H27N.ClH/c1-18-10-8-16-22(21(18)20-14-6-3-7-15-20)17-9-13-19-11-4-2-5-12-19;/h2-7,11-12,14-15,18,21H,8-10,13,16-17H2,1H3;1H. The number of hydrogen-bond acceptors (Lipinski definition) is 0. The molecule has 3 unspecified atom stereocenters. The minimum atomic E-state index is 0. The Morgan fingerprint density at radius 3 is 2.30 bits per heavy atom. The second-order valence-corrected chi connectivity index (χ2v) is 6.76. The van der Waals surface area contributed by atoms with Gasteiger partial charge in [0.05, 0.1) is 13.1 Å². The number of nitrogens with one attached hydrogen (secondary N) is 1. The van der Waals surface area contributed by atoms with Gasteiger partial charge in [0.1, 0.15) is 6.04 Å². The molecule has 1 aliphatic heterocycles. The molecular weight excluding hydrogens is 302 g/mol. The lowest BCUT2D eigenvalue weighted by Crippen LogP contribution is -3.13. The Morgan fingerprint density at radius 1 is 0.957 bits per heavy atom. The smallest absolute Gasteiger partial charge is 0.116 e. The van der Waals surface area contributed by atoms with Gasteiger partial charge in [0.2, 0.25) is 0 Å². The molecule has 1 heterocycles. The van der Waals surface area contributed by atoms with Crippen molar-refractivity contribution < 1.29 is 17.3 Å². The second-order valence-electron chi connectivity index (χ2n) is 6.76. The number of likely N-dealkylation sites (tertiary alicyclic amines) is 1. The molecule has 2 aromatic rings. The molecule has 1 aliphatic rings. The molecule has 0 spiro atoms. The second kappa shape index (κ2) is 9.10. The highest BCUT2D eigenvalue weighted by Gasteiger charge is 2.32. The highest BCUT2D eigenvalue weighted by molar-refractivity contribution is 5.18. The highest BCUT2D eigenvalue weighted by atomic mass is 35.5. The number of rotatable bonds is 5. The van der Waals surface area contributed by atoms with Crippen LogP contribution in [0.5, 0.6) is 0 Å². The first-order valence-electron chi connectivity index (χ1n) is 8.78. The third-order valence-electron chi connectivity index (χ3n) is 5.13. The van der Waals surface area contributed by atoms with Crippen LogP contribution in [-0.4, -0.2) is 13.1 Å². The summed E-state index contributed by atoms with van der Waals surface area (Å²) >= 11 is 0. The van der Waals surface area contributed by atoms with Crippen molar-refractivity contribution in [1.82, 2.24) is 0 Å². The van der Waals surface area contributed by atoms with Crippen molar-refractivity contribution in [2.75, 3.05) is 13.1 Å². The van der Waals surface area contributed by atoms with Gasteiger partial charge in [-0.2, -0.15) is 0 Å². The maximum absolute atomic E-state index is 2.44. The molecule has 23 heavy (non-hydrogen) atoms. The molecule has 2 aromatic carbocycles. The van der Waals surface area contributed by atoms with E-state index in [0.717, 1.165) is 5.92 Å². The molecule has 0 amide bonds. The normalized spacial score (nSPS) is 24.0. The topological polar surface area (TPSA) is 4.44 Å². The molecule has 1 fully saturated rings. The summed E-state index contributed by atoms with van der Waals surface area (Å²) in [5.74, 6) is 0.794. The van der Waals surface area contributed by atoms with Crippen molar-refractivity contribution >= 4 is 0 Å². The van der Waals surface area contributed by atoms with Gasteiger partial charge in [-0.15, -0.1) is 0 Å². The zero-order valence-corrected chi connectivity index (χ0v) is 14.8. The van der Waals surface area contributed by atoms with Gasteiger partial charge >= 0.3 is 0 Å². The summed E-state index contributed by atoms with van der Waals surface area (Å²) in [6.45, 7) is 5.06. The predicted molar refractivity (Wildman–Crippen MR) is 93.0 cm³/mol. The largest absolute Gasteiger partial charge is 1.00 e. The molecule has 3 atom stereocenters. The number of piperidine rings is 1. The van der Waals surface area contributed by atoms with Crippen LogP contribution in [0.1, 0.15) is 43.4 Å². The zero-order valence-electron chi connectivity index (χ0n) is 14.0. The maximum Gasteiger partial charge on any atom is 0.116 e. The summed E-state index contributed by atoms with van der Waals surface area (Å²) in [4.78, 5) is 1.79. The molecule has 1 N–H and O–H groups in total. The first-order chi connectivity index (χ1) is 10.8. The molecule has 0 radical (unpaired) electrons. The average Bonchev–Trinajstić information content (AvgIpc) is 2.57. The Morgan fingerprint density at radius 2 is 1.61 bits per heavy atom. The van der Waals surface area contributed by atoms with Gasteiger partial charge in [-0.1, -0.05) is 67.6 Å². The minimum absolute atomic E-state index is 0. The van der Waals surface area contributed by atoms with E-state index in [0.29, 0.717) is 6.04 Å². The van der Waals surface area contributed by atoms with Crippen LogP contribution >= 0.6 is 0 Å². The Balaban J connectivity index is 0.00000192. The number of halogens is 1. The van der Waals surface area contributed by atoms with Crippen LogP contribution in [-0.2, 0) is 6.42 Å². The fourth-order valence-corrected chi connectivity index (χ4v) is 4.05. The van der Waals surface area contributed by atoms with Gasteiger partial charge in [-0.3, -0.25) is 0 Å². The molecule has 1 nitrogen and oxygen atoms in total. The van der Waals surface area contributed by atoms with Gasteiger partial charge in [0.25, 0.3) is 0 Å². The van der Waals surface area contributed by atoms with Crippen molar-refractivity contribution in [2.45, 2.75) is 38.6 Å². The third-order valence-corrected chi connectivity index (χ3v) is 5.13. The van der Waals surface area contributed by atoms with Crippen LogP contribution in [0.15, 0.2) is 60.7 Å². The monoisotopic (exact) mass is 329 g/mol. The summed E-state index contributed by atoms with van der Waals surface area (Å²) in [7, 11) is 0. The molecule has 2 heteroatoms. The lowest BCUT2D eigenvalue weighted by Gasteiger charge is -2.37. The maximum atomic E-state index is 2.44. The van der Waals surface area contributed by atoms with E-state index >= 15 is 0 Å². The van der Waals surface area contributed by atoms with Crippen LogP contribution in [0.25, 0.3) is 0 Å². The molecular formula is C21H28ClN. The van der Waals surface area contributed by atoms with Crippen LogP contribution in [0.3, 0.4) is 0 Å². The minimum Gasteiger partial charge on any atom is -1.00 e. The third kappa shape index (κ3) is 4.83. The van der Waals surface area contributed by atoms with Crippen molar-refractivity contribution in [3.8, 4) is 0 Å². The van der Waals surface area contributed by atoms with Crippen molar-refractivity contribution in [3.05, 3.63) is 71.8 Å². The summed E-state index contributed by atoms with van der Waals surface area (Å²) in [5, 5.41) is 0. The lowest BCUT2D eigenvalue weighted by atomic mass is 9.86. The van der Waals surface area contributed by atoms with Crippen LogP contribution < -0.4 is 17.3 Å². The van der Waals surface area contributed by atoms with E-state index in [9.17, 15) is 0 Å². The Kier molecular flexibility index (Phi) is 7.14. The fraction of sp³-hybridized carbons (Fsp3) is 0.429. The van der Waals surface area contributed by atoms with Crippen LogP contribution in [0.4, 0.5) is 0 Å². The summed E-state index contributed by atoms with van der Waals surface area (Å²) in [6, 6.07) is 22.8. The lowest BCUT2D eigenvalue weighted by molar-refractivity contribution is -0.941. The van der Waals surface area contributed by atoms with Gasteiger partial charge in [-0.25, -0.2) is 0 Å². The summed E-state index contributed by atoms with van der Waals surface area (Å²) < 4.78 is 0. The van der Waals surface area contributed by atoms with Crippen LogP contribution in [0, 0.1) is 5.92 Å². The van der Waals surface area contributed by atoms with Gasteiger partial charge in [0, 0.05) is 17.9 Å². The van der Waals surface area contributed by atoms with E-state index in [4.69, 9.17) is 0 Å². The Bertz CT molecular complexity index is 555. The van der Waals surface area contributed by atoms with E-state index < -0.39 is 0 Å².